The van der Waals surface area contributed by atoms with Crippen molar-refractivity contribution in [2.24, 2.45) is 0 Å². The summed E-state index contributed by atoms with van der Waals surface area (Å²) in [6.07, 6.45) is 0. The molecule has 0 fully saturated rings. The van der Waals surface area contributed by atoms with Gasteiger partial charge in [-0.3, -0.25) is 0 Å². The van der Waals surface area contributed by atoms with Crippen LogP contribution < -0.4 is 5.73 Å². The summed E-state index contributed by atoms with van der Waals surface area (Å²) in [5.41, 5.74) is 7.43. The Morgan fingerprint density at radius 3 is 2.60 bits per heavy atom. The molecule has 0 spiro atoms. The first-order valence-electron chi connectivity index (χ1n) is 6.41. The SMILES string of the molecule is CC(C)(C)c1nc(N)cc(-n2nnc3ccccc32)n1. The summed E-state index contributed by atoms with van der Waals surface area (Å²) >= 11 is 0. The van der Waals surface area contributed by atoms with E-state index in [1.54, 1.807) is 10.7 Å². The van der Waals surface area contributed by atoms with Gasteiger partial charge in [0.2, 0.25) is 0 Å². The molecule has 0 aliphatic rings. The Morgan fingerprint density at radius 2 is 1.85 bits per heavy atom. The van der Waals surface area contributed by atoms with Gasteiger partial charge in [-0.1, -0.05) is 38.1 Å². The molecule has 0 saturated carbocycles. The van der Waals surface area contributed by atoms with E-state index in [0.717, 1.165) is 11.0 Å². The number of nitrogens with zero attached hydrogens (tertiary/aromatic N) is 5. The topological polar surface area (TPSA) is 82.5 Å². The lowest BCUT2D eigenvalue weighted by molar-refractivity contribution is 0.543. The molecule has 20 heavy (non-hydrogen) atoms. The summed E-state index contributed by atoms with van der Waals surface area (Å²) < 4.78 is 1.68. The molecule has 0 amide bonds. The lowest BCUT2D eigenvalue weighted by atomic mass is 9.96. The van der Waals surface area contributed by atoms with E-state index in [1.807, 2.05) is 45.0 Å². The van der Waals surface area contributed by atoms with Crippen molar-refractivity contribution >= 4 is 16.9 Å². The Bertz CT molecular complexity index is 769. The highest BCUT2D eigenvalue weighted by molar-refractivity contribution is 5.75. The molecule has 1 aromatic carbocycles. The van der Waals surface area contributed by atoms with E-state index < -0.39 is 0 Å². The molecule has 6 nitrogen and oxygen atoms in total. The van der Waals surface area contributed by atoms with E-state index in [4.69, 9.17) is 5.73 Å². The van der Waals surface area contributed by atoms with Gasteiger partial charge in [0.15, 0.2) is 5.82 Å². The van der Waals surface area contributed by atoms with E-state index in [9.17, 15) is 0 Å². The Balaban J connectivity index is 2.22. The third kappa shape index (κ3) is 2.09. The number of para-hydroxylation sites is 1. The molecule has 2 heterocycles. The van der Waals surface area contributed by atoms with E-state index in [1.165, 1.54) is 0 Å². The highest BCUT2D eigenvalue weighted by Gasteiger charge is 2.20. The third-order valence-corrected chi connectivity index (χ3v) is 2.97. The molecule has 0 radical (unpaired) electrons. The molecule has 2 N–H and O–H groups in total. The molecule has 6 heteroatoms. The van der Waals surface area contributed by atoms with Crippen molar-refractivity contribution in [1.29, 1.82) is 0 Å². The lowest BCUT2D eigenvalue weighted by Gasteiger charge is -2.17. The van der Waals surface area contributed by atoms with Gasteiger partial charge in [-0.25, -0.2) is 9.97 Å². The van der Waals surface area contributed by atoms with Crippen molar-refractivity contribution in [2.45, 2.75) is 26.2 Å². The normalized spacial score (nSPS) is 11.9. The zero-order valence-corrected chi connectivity index (χ0v) is 11.7. The molecule has 3 rings (SSSR count). The van der Waals surface area contributed by atoms with Crippen LogP contribution in [0.5, 0.6) is 0 Å². The highest BCUT2D eigenvalue weighted by atomic mass is 15.4. The van der Waals surface area contributed by atoms with Crippen LogP contribution in [0.15, 0.2) is 30.3 Å². The Labute approximate surface area is 116 Å². The molecule has 0 aliphatic carbocycles. The molecule has 0 aliphatic heterocycles. The smallest absolute Gasteiger partial charge is 0.161 e. The second-order valence-electron chi connectivity index (χ2n) is 5.71. The van der Waals surface area contributed by atoms with Gasteiger partial charge in [0, 0.05) is 11.5 Å². The number of aromatic nitrogens is 5. The van der Waals surface area contributed by atoms with Crippen molar-refractivity contribution in [2.75, 3.05) is 5.73 Å². The maximum atomic E-state index is 5.89. The van der Waals surface area contributed by atoms with Crippen molar-refractivity contribution in [3.63, 3.8) is 0 Å². The number of rotatable bonds is 1. The fourth-order valence-corrected chi connectivity index (χ4v) is 1.93. The number of nitrogens with two attached hydrogens (primary N) is 1. The molecular formula is C14H16N6. The Kier molecular flexibility index (Phi) is 2.67. The number of benzene rings is 1. The van der Waals surface area contributed by atoms with E-state index in [0.29, 0.717) is 17.5 Å². The molecule has 0 atom stereocenters. The predicted octanol–water partition coefficient (Wildman–Crippen LogP) is 2.09. The minimum absolute atomic E-state index is 0.180. The van der Waals surface area contributed by atoms with Crippen molar-refractivity contribution in [1.82, 2.24) is 25.0 Å². The maximum absolute atomic E-state index is 5.89. The minimum Gasteiger partial charge on any atom is -0.384 e. The maximum Gasteiger partial charge on any atom is 0.161 e. The van der Waals surface area contributed by atoms with Crippen LogP contribution in [0, 0.1) is 0 Å². The molecule has 0 unspecified atom stereocenters. The van der Waals surface area contributed by atoms with E-state index in [-0.39, 0.29) is 5.41 Å². The van der Waals surface area contributed by atoms with E-state index in [2.05, 4.69) is 20.3 Å². The highest BCUT2D eigenvalue weighted by Crippen LogP contribution is 2.22. The first kappa shape index (κ1) is 12.5. The molecule has 2 aromatic heterocycles. The minimum atomic E-state index is -0.180. The fourth-order valence-electron chi connectivity index (χ4n) is 1.93. The van der Waals surface area contributed by atoms with Gasteiger partial charge in [-0.2, -0.15) is 4.68 Å². The number of fused-ring (bicyclic) bond motifs is 1. The molecule has 0 bridgehead atoms. The summed E-state index contributed by atoms with van der Waals surface area (Å²) in [5, 5.41) is 8.28. The fraction of sp³-hybridized carbons (Fsp3) is 0.286. The third-order valence-electron chi connectivity index (χ3n) is 2.97. The summed E-state index contributed by atoms with van der Waals surface area (Å²) in [7, 11) is 0. The first-order chi connectivity index (χ1) is 9.45. The van der Waals surface area contributed by atoms with Gasteiger partial charge in [-0.15, -0.1) is 5.10 Å². The van der Waals surface area contributed by atoms with Crippen LogP contribution in [0.3, 0.4) is 0 Å². The van der Waals surface area contributed by atoms with E-state index >= 15 is 0 Å². The first-order valence-corrected chi connectivity index (χ1v) is 6.41. The largest absolute Gasteiger partial charge is 0.384 e. The van der Waals surface area contributed by atoms with Crippen molar-refractivity contribution in [3.8, 4) is 5.82 Å². The molecule has 102 valence electrons. The Morgan fingerprint density at radius 1 is 1.10 bits per heavy atom. The van der Waals surface area contributed by atoms with Crippen LogP contribution in [0.4, 0.5) is 5.82 Å². The van der Waals surface area contributed by atoms with Crippen LogP contribution in [0.1, 0.15) is 26.6 Å². The van der Waals surface area contributed by atoms with Gasteiger partial charge in [0.25, 0.3) is 0 Å². The molecular weight excluding hydrogens is 252 g/mol. The summed E-state index contributed by atoms with van der Waals surface area (Å²) in [6, 6.07) is 9.43. The van der Waals surface area contributed by atoms with Gasteiger partial charge in [-0.05, 0) is 12.1 Å². The number of nitrogen functional groups attached to an aromatic ring is 1. The van der Waals surface area contributed by atoms with Gasteiger partial charge in [0.05, 0.1) is 5.52 Å². The summed E-state index contributed by atoms with van der Waals surface area (Å²) in [5.74, 6) is 1.75. The second kappa shape index (κ2) is 4.26. The second-order valence-corrected chi connectivity index (χ2v) is 5.71. The number of hydrogen-bond acceptors (Lipinski definition) is 5. The zero-order chi connectivity index (χ0) is 14.3. The summed E-state index contributed by atoms with van der Waals surface area (Å²) in [4.78, 5) is 8.87. The summed E-state index contributed by atoms with van der Waals surface area (Å²) in [6.45, 7) is 6.14. The predicted molar refractivity (Wildman–Crippen MR) is 77.6 cm³/mol. The lowest BCUT2D eigenvalue weighted by Crippen LogP contribution is -2.18. The zero-order valence-electron chi connectivity index (χ0n) is 11.7. The number of hydrogen-bond donors (Lipinski definition) is 1. The molecule has 3 aromatic rings. The average Bonchev–Trinajstić information content (AvgIpc) is 2.80. The van der Waals surface area contributed by atoms with Crippen LogP contribution in [-0.4, -0.2) is 25.0 Å². The van der Waals surface area contributed by atoms with Gasteiger partial charge < -0.3 is 5.73 Å². The van der Waals surface area contributed by atoms with Gasteiger partial charge in [0.1, 0.15) is 17.2 Å². The number of anilines is 1. The van der Waals surface area contributed by atoms with Crippen molar-refractivity contribution < 1.29 is 0 Å². The van der Waals surface area contributed by atoms with Crippen LogP contribution in [0.25, 0.3) is 16.9 Å². The Hall–Kier alpha value is -2.50. The van der Waals surface area contributed by atoms with Gasteiger partial charge >= 0.3 is 0 Å². The monoisotopic (exact) mass is 268 g/mol. The van der Waals surface area contributed by atoms with Crippen LogP contribution >= 0.6 is 0 Å². The van der Waals surface area contributed by atoms with Crippen LogP contribution in [-0.2, 0) is 5.41 Å². The van der Waals surface area contributed by atoms with Crippen molar-refractivity contribution in [3.05, 3.63) is 36.2 Å². The van der Waals surface area contributed by atoms with Crippen LogP contribution in [0.2, 0.25) is 0 Å². The quantitative estimate of drug-likeness (QED) is 0.730. The average molecular weight is 268 g/mol. The molecule has 0 saturated heterocycles. The standard InChI is InChI=1S/C14H16N6/c1-14(2,3)13-16-11(15)8-12(17-13)20-10-7-5-4-6-9(10)18-19-20/h4-8H,1-3H3,(H2,15,16,17).